The zero-order valence-corrected chi connectivity index (χ0v) is 12.5. The van der Waals surface area contributed by atoms with Crippen LogP contribution in [0.1, 0.15) is 60.3 Å². The molecule has 0 aliphatic heterocycles. The van der Waals surface area contributed by atoms with Gasteiger partial charge in [0.05, 0.1) is 0 Å². The summed E-state index contributed by atoms with van der Waals surface area (Å²) in [5.41, 5.74) is 6.42. The summed E-state index contributed by atoms with van der Waals surface area (Å²) in [5.74, 6) is 1.75. The highest BCUT2D eigenvalue weighted by Gasteiger charge is 2.39. The molecule has 1 rings (SSSR count). The van der Waals surface area contributed by atoms with Crippen molar-refractivity contribution in [2.45, 2.75) is 71.9 Å². The highest BCUT2D eigenvalue weighted by molar-refractivity contribution is 4.97. The molecule has 2 nitrogen and oxygen atoms in total. The van der Waals surface area contributed by atoms with Crippen LogP contribution < -0.4 is 5.73 Å². The van der Waals surface area contributed by atoms with Crippen LogP contribution in [0.4, 0.5) is 0 Å². The zero-order valence-electron chi connectivity index (χ0n) is 12.5. The lowest BCUT2D eigenvalue weighted by atomic mass is 9.71. The van der Waals surface area contributed by atoms with Gasteiger partial charge in [-0.1, -0.05) is 20.8 Å². The van der Waals surface area contributed by atoms with E-state index in [9.17, 15) is 0 Å². The number of hydrogen-bond acceptors (Lipinski definition) is 2. The smallest absolute Gasteiger partial charge is 0.0334 e. The van der Waals surface area contributed by atoms with Gasteiger partial charge in [-0.25, -0.2) is 0 Å². The third-order valence-corrected chi connectivity index (χ3v) is 4.86. The average molecular weight is 240 g/mol. The molecule has 0 atom stereocenters. The molecule has 0 heterocycles. The van der Waals surface area contributed by atoms with Crippen molar-refractivity contribution in [3.63, 3.8) is 0 Å². The first-order chi connectivity index (χ1) is 7.96. The number of rotatable bonds is 5. The van der Waals surface area contributed by atoms with Gasteiger partial charge in [0.2, 0.25) is 0 Å². The standard InChI is InChI=1S/C15H32N2/c1-6-17(13(4)5)15(11-16)9-7-14(8-10-15)12(2)3/h12-14H,6-11,16H2,1-5H3. The highest BCUT2D eigenvalue weighted by Crippen LogP contribution is 2.39. The van der Waals surface area contributed by atoms with E-state index < -0.39 is 0 Å². The SMILES string of the molecule is CCN(C(C)C)C1(CN)CCC(C(C)C)CC1. The van der Waals surface area contributed by atoms with Crippen LogP contribution in [0.5, 0.6) is 0 Å². The van der Waals surface area contributed by atoms with Crippen LogP contribution in [-0.4, -0.2) is 29.6 Å². The van der Waals surface area contributed by atoms with Crippen molar-refractivity contribution in [3.05, 3.63) is 0 Å². The Labute approximate surface area is 108 Å². The molecule has 0 aromatic rings. The molecule has 1 fully saturated rings. The van der Waals surface area contributed by atoms with Crippen molar-refractivity contribution >= 4 is 0 Å². The van der Waals surface area contributed by atoms with Crippen LogP contribution in [-0.2, 0) is 0 Å². The van der Waals surface area contributed by atoms with Crippen LogP contribution in [0.2, 0.25) is 0 Å². The molecule has 0 amide bonds. The van der Waals surface area contributed by atoms with Crippen molar-refractivity contribution < 1.29 is 0 Å². The maximum Gasteiger partial charge on any atom is 0.0334 e. The Morgan fingerprint density at radius 3 is 2.00 bits per heavy atom. The lowest BCUT2D eigenvalue weighted by Gasteiger charge is -2.50. The first-order valence-electron chi connectivity index (χ1n) is 7.43. The van der Waals surface area contributed by atoms with E-state index in [2.05, 4.69) is 39.5 Å². The van der Waals surface area contributed by atoms with Crippen LogP contribution in [0.15, 0.2) is 0 Å². The second-order valence-electron chi connectivity index (χ2n) is 6.39. The first kappa shape index (κ1) is 15.0. The van der Waals surface area contributed by atoms with E-state index in [4.69, 9.17) is 5.73 Å². The normalized spacial score (nSPS) is 30.5. The second kappa shape index (κ2) is 6.19. The Morgan fingerprint density at radius 2 is 1.71 bits per heavy atom. The zero-order chi connectivity index (χ0) is 13.1. The van der Waals surface area contributed by atoms with Gasteiger partial charge in [0, 0.05) is 18.1 Å². The molecule has 0 aromatic heterocycles. The molecule has 102 valence electrons. The predicted octanol–water partition coefficient (Wildman–Crippen LogP) is 3.26. The van der Waals surface area contributed by atoms with Crippen LogP contribution in [0, 0.1) is 11.8 Å². The Balaban J connectivity index is 2.72. The van der Waals surface area contributed by atoms with E-state index in [1.165, 1.54) is 25.7 Å². The molecule has 2 heteroatoms. The van der Waals surface area contributed by atoms with Gasteiger partial charge in [-0.2, -0.15) is 0 Å². The predicted molar refractivity (Wildman–Crippen MR) is 76.1 cm³/mol. The molecule has 2 N–H and O–H groups in total. The molecule has 0 bridgehead atoms. The highest BCUT2D eigenvalue weighted by atomic mass is 15.2. The number of nitrogens with zero attached hydrogens (tertiary/aromatic N) is 1. The molecule has 1 aliphatic rings. The van der Waals surface area contributed by atoms with E-state index in [1.54, 1.807) is 0 Å². The van der Waals surface area contributed by atoms with Crippen molar-refractivity contribution in [1.82, 2.24) is 4.90 Å². The lowest BCUT2D eigenvalue weighted by molar-refractivity contribution is 0.0162. The fourth-order valence-corrected chi connectivity index (χ4v) is 3.70. The van der Waals surface area contributed by atoms with Gasteiger partial charge in [0.25, 0.3) is 0 Å². The summed E-state index contributed by atoms with van der Waals surface area (Å²) in [7, 11) is 0. The molecule has 0 aromatic carbocycles. The lowest BCUT2D eigenvalue weighted by Crippen LogP contribution is -2.58. The quantitative estimate of drug-likeness (QED) is 0.799. The van der Waals surface area contributed by atoms with E-state index >= 15 is 0 Å². The van der Waals surface area contributed by atoms with Crippen molar-refractivity contribution in [1.29, 1.82) is 0 Å². The molecule has 0 radical (unpaired) electrons. The Bertz CT molecular complexity index is 215. The van der Waals surface area contributed by atoms with Crippen LogP contribution in [0.25, 0.3) is 0 Å². The van der Waals surface area contributed by atoms with Gasteiger partial charge in [0.1, 0.15) is 0 Å². The maximum atomic E-state index is 6.13. The third kappa shape index (κ3) is 3.23. The number of nitrogens with two attached hydrogens (primary N) is 1. The molecule has 0 unspecified atom stereocenters. The summed E-state index contributed by atoms with van der Waals surface area (Å²) in [6, 6.07) is 0.610. The second-order valence-corrected chi connectivity index (χ2v) is 6.39. The molecular formula is C15H32N2. The van der Waals surface area contributed by atoms with Gasteiger partial charge in [-0.3, -0.25) is 4.90 Å². The van der Waals surface area contributed by atoms with Crippen LogP contribution >= 0.6 is 0 Å². The monoisotopic (exact) mass is 240 g/mol. The molecule has 1 saturated carbocycles. The Morgan fingerprint density at radius 1 is 1.18 bits per heavy atom. The minimum atomic E-state index is 0.286. The largest absolute Gasteiger partial charge is 0.329 e. The van der Waals surface area contributed by atoms with Crippen molar-refractivity contribution in [3.8, 4) is 0 Å². The van der Waals surface area contributed by atoms with Gasteiger partial charge in [0.15, 0.2) is 0 Å². The van der Waals surface area contributed by atoms with Crippen LogP contribution in [0.3, 0.4) is 0 Å². The molecule has 17 heavy (non-hydrogen) atoms. The van der Waals surface area contributed by atoms with Gasteiger partial charge >= 0.3 is 0 Å². The molecular weight excluding hydrogens is 208 g/mol. The summed E-state index contributed by atoms with van der Waals surface area (Å²) in [4.78, 5) is 2.63. The molecule has 1 aliphatic carbocycles. The minimum absolute atomic E-state index is 0.286. The number of likely N-dealkylation sites (N-methyl/N-ethyl adjacent to an activating group) is 1. The Hall–Kier alpha value is -0.0800. The van der Waals surface area contributed by atoms with Gasteiger partial charge < -0.3 is 5.73 Å². The third-order valence-electron chi connectivity index (χ3n) is 4.86. The van der Waals surface area contributed by atoms with E-state index in [0.29, 0.717) is 6.04 Å². The summed E-state index contributed by atoms with van der Waals surface area (Å²) in [5, 5.41) is 0. The minimum Gasteiger partial charge on any atom is -0.329 e. The summed E-state index contributed by atoms with van der Waals surface area (Å²) in [6.45, 7) is 13.5. The summed E-state index contributed by atoms with van der Waals surface area (Å²) < 4.78 is 0. The van der Waals surface area contributed by atoms with Crippen molar-refractivity contribution in [2.24, 2.45) is 17.6 Å². The maximum absolute atomic E-state index is 6.13. The van der Waals surface area contributed by atoms with Gasteiger partial charge in [-0.05, 0) is 57.9 Å². The van der Waals surface area contributed by atoms with Gasteiger partial charge in [-0.15, -0.1) is 0 Å². The first-order valence-corrected chi connectivity index (χ1v) is 7.43. The molecule has 0 spiro atoms. The van der Waals surface area contributed by atoms with E-state index in [0.717, 1.165) is 24.9 Å². The summed E-state index contributed by atoms with van der Waals surface area (Å²) >= 11 is 0. The summed E-state index contributed by atoms with van der Waals surface area (Å²) in [6.07, 6.45) is 5.30. The van der Waals surface area contributed by atoms with E-state index in [1.807, 2.05) is 0 Å². The average Bonchev–Trinajstić information content (AvgIpc) is 2.29. The topological polar surface area (TPSA) is 29.3 Å². The fourth-order valence-electron chi connectivity index (χ4n) is 3.70. The Kier molecular flexibility index (Phi) is 5.46. The fraction of sp³-hybridized carbons (Fsp3) is 1.00. The van der Waals surface area contributed by atoms with E-state index in [-0.39, 0.29) is 5.54 Å². The number of hydrogen-bond donors (Lipinski definition) is 1. The van der Waals surface area contributed by atoms with Crippen molar-refractivity contribution in [2.75, 3.05) is 13.1 Å². The molecule has 0 saturated heterocycles.